The van der Waals surface area contributed by atoms with E-state index in [2.05, 4.69) is 50.4 Å². The van der Waals surface area contributed by atoms with Crippen molar-refractivity contribution >= 4 is 17.7 Å². The number of thioether (sulfide) groups is 1. The van der Waals surface area contributed by atoms with E-state index in [1.807, 2.05) is 30.5 Å². The third kappa shape index (κ3) is 5.82. The Morgan fingerprint density at radius 1 is 1.08 bits per heavy atom. The van der Waals surface area contributed by atoms with Crippen molar-refractivity contribution in [1.29, 1.82) is 0 Å². The lowest BCUT2D eigenvalue weighted by Gasteiger charge is -2.23. The molecule has 1 N–H and O–H groups in total. The number of rotatable bonds is 8. The number of benzene rings is 2. The largest absolute Gasteiger partial charge is 0.484 e. The van der Waals surface area contributed by atoms with Crippen LogP contribution in [0.2, 0.25) is 0 Å². The van der Waals surface area contributed by atoms with Crippen molar-refractivity contribution in [2.45, 2.75) is 44.0 Å². The van der Waals surface area contributed by atoms with Crippen LogP contribution in [-0.4, -0.2) is 18.8 Å². The van der Waals surface area contributed by atoms with Gasteiger partial charge in [-0.1, -0.05) is 45.0 Å². The fourth-order valence-corrected chi connectivity index (χ4v) is 2.76. The van der Waals surface area contributed by atoms with E-state index < -0.39 is 0 Å². The molecule has 4 heteroatoms. The van der Waals surface area contributed by atoms with Crippen LogP contribution in [-0.2, 0) is 16.8 Å². The van der Waals surface area contributed by atoms with Crippen molar-refractivity contribution in [3.05, 3.63) is 59.7 Å². The normalized spacial score (nSPS) is 11.2. The van der Waals surface area contributed by atoms with Crippen LogP contribution in [0.25, 0.3) is 0 Å². The molecule has 25 heavy (non-hydrogen) atoms. The van der Waals surface area contributed by atoms with Crippen molar-refractivity contribution in [2.75, 3.05) is 12.9 Å². The van der Waals surface area contributed by atoms with E-state index in [4.69, 9.17) is 4.74 Å². The van der Waals surface area contributed by atoms with Gasteiger partial charge in [-0.15, -0.1) is 11.8 Å². The van der Waals surface area contributed by atoms with Crippen molar-refractivity contribution < 1.29 is 9.53 Å². The predicted molar refractivity (Wildman–Crippen MR) is 105 cm³/mol. The Morgan fingerprint density at radius 2 is 1.72 bits per heavy atom. The molecule has 0 fully saturated rings. The van der Waals surface area contributed by atoms with Gasteiger partial charge in [0.1, 0.15) is 5.75 Å². The lowest BCUT2D eigenvalue weighted by atomic mass is 9.82. The topological polar surface area (TPSA) is 38.3 Å². The molecule has 1 amide bonds. The van der Waals surface area contributed by atoms with E-state index in [0.29, 0.717) is 6.54 Å². The molecule has 2 aromatic carbocycles. The predicted octanol–water partition coefficient (Wildman–Crippen LogP) is 4.79. The highest BCUT2D eigenvalue weighted by Gasteiger charge is 2.17. The summed E-state index contributed by atoms with van der Waals surface area (Å²) < 4.78 is 5.58. The summed E-state index contributed by atoms with van der Waals surface area (Å²) in [5, 5.41) is 2.88. The molecule has 3 nitrogen and oxygen atoms in total. The fourth-order valence-electron chi connectivity index (χ4n) is 2.35. The molecule has 0 atom stereocenters. The maximum Gasteiger partial charge on any atom is 0.258 e. The van der Waals surface area contributed by atoms with E-state index in [1.165, 1.54) is 10.5 Å². The average Bonchev–Trinajstić information content (AvgIpc) is 2.65. The number of ether oxygens (including phenoxy) is 1. The minimum absolute atomic E-state index is 0.0272. The molecule has 0 bridgehead atoms. The SMILES string of the molecule is CCC(C)(C)c1ccc(OCC(=O)NCc2ccc(SC)cc2)cc1. The second-order valence-electron chi connectivity index (χ2n) is 6.68. The van der Waals surface area contributed by atoms with E-state index in [9.17, 15) is 4.79 Å². The zero-order valence-electron chi connectivity index (χ0n) is 15.5. The van der Waals surface area contributed by atoms with Crippen LogP contribution in [0.5, 0.6) is 5.75 Å². The fraction of sp³-hybridized carbons (Fsp3) is 0.381. The minimum atomic E-state index is -0.119. The third-order valence-electron chi connectivity index (χ3n) is 4.54. The van der Waals surface area contributed by atoms with Gasteiger partial charge < -0.3 is 10.1 Å². The minimum Gasteiger partial charge on any atom is -0.484 e. The molecular weight excluding hydrogens is 330 g/mol. The molecule has 0 spiro atoms. The van der Waals surface area contributed by atoms with Crippen LogP contribution in [0.15, 0.2) is 53.4 Å². The molecular formula is C21H27NO2S. The lowest BCUT2D eigenvalue weighted by Crippen LogP contribution is -2.28. The van der Waals surface area contributed by atoms with Crippen molar-refractivity contribution in [1.82, 2.24) is 5.32 Å². The number of hydrogen-bond donors (Lipinski definition) is 1. The van der Waals surface area contributed by atoms with Crippen LogP contribution < -0.4 is 10.1 Å². The first kappa shape index (κ1) is 19.4. The number of nitrogens with one attached hydrogen (secondary N) is 1. The van der Waals surface area contributed by atoms with Crippen LogP contribution in [0.3, 0.4) is 0 Å². The van der Waals surface area contributed by atoms with Crippen molar-refractivity contribution in [3.8, 4) is 5.75 Å². The zero-order chi connectivity index (χ0) is 18.3. The van der Waals surface area contributed by atoms with Gasteiger partial charge >= 0.3 is 0 Å². The molecule has 0 aliphatic rings. The Hall–Kier alpha value is -1.94. The highest BCUT2D eigenvalue weighted by atomic mass is 32.2. The van der Waals surface area contributed by atoms with Crippen LogP contribution in [0.4, 0.5) is 0 Å². The summed E-state index contributed by atoms with van der Waals surface area (Å²) in [7, 11) is 0. The number of carbonyl (C=O) groups excluding carboxylic acids is 1. The molecule has 0 aromatic heterocycles. The molecule has 0 saturated heterocycles. The smallest absolute Gasteiger partial charge is 0.258 e. The van der Waals surface area contributed by atoms with Crippen LogP contribution in [0.1, 0.15) is 38.3 Å². The Bertz CT molecular complexity index is 678. The summed E-state index contributed by atoms with van der Waals surface area (Å²) in [6, 6.07) is 16.2. The summed E-state index contributed by atoms with van der Waals surface area (Å²) in [5.41, 5.74) is 2.51. The third-order valence-corrected chi connectivity index (χ3v) is 5.28. The van der Waals surface area contributed by atoms with E-state index in [-0.39, 0.29) is 17.9 Å². The van der Waals surface area contributed by atoms with Gasteiger partial charge in [0, 0.05) is 11.4 Å². The Balaban J connectivity index is 1.79. The number of amides is 1. The molecule has 0 heterocycles. The highest BCUT2D eigenvalue weighted by Crippen LogP contribution is 2.28. The average molecular weight is 358 g/mol. The maximum atomic E-state index is 11.9. The summed E-state index contributed by atoms with van der Waals surface area (Å²) in [6.07, 6.45) is 3.12. The zero-order valence-corrected chi connectivity index (χ0v) is 16.3. The number of hydrogen-bond acceptors (Lipinski definition) is 3. The van der Waals surface area contributed by atoms with Gasteiger partial charge in [0.05, 0.1) is 0 Å². The standard InChI is InChI=1S/C21H27NO2S/c1-5-21(2,3)17-8-10-18(11-9-17)24-15-20(23)22-14-16-6-12-19(25-4)13-7-16/h6-13H,5,14-15H2,1-4H3,(H,22,23). The van der Waals surface area contributed by atoms with Gasteiger partial charge in [0.15, 0.2) is 6.61 Å². The van der Waals surface area contributed by atoms with Crippen molar-refractivity contribution in [2.24, 2.45) is 0 Å². The summed E-state index contributed by atoms with van der Waals surface area (Å²) >= 11 is 1.70. The summed E-state index contributed by atoms with van der Waals surface area (Å²) in [6.45, 7) is 7.17. The highest BCUT2D eigenvalue weighted by molar-refractivity contribution is 7.98. The van der Waals surface area contributed by atoms with E-state index >= 15 is 0 Å². The Morgan fingerprint density at radius 3 is 2.28 bits per heavy atom. The summed E-state index contributed by atoms with van der Waals surface area (Å²) in [5.74, 6) is 0.599. The molecule has 0 unspecified atom stereocenters. The van der Waals surface area contributed by atoms with Gasteiger partial charge in [-0.3, -0.25) is 4.79 Å². The summed E-state index contributed by atoms with van der Waals surface area (Å²) in [4.78, 5) is 13.2. The maximum absolute atomic E-state index is 11.9. The van der Waals surface area contributed by atoms with Crippen LogP contribution >= 0.6 is 11.8 Å². The lowest BCUT2D eigenvalue weighted by molar-refractivity contribution is -0.123. The monoisotopic (exact) mass is 357 g/mol. The first-order chi connectivity index (χ1) is 11.9. The van der Waals surface area contributed by atoms with Gasteiger partial charge in [-0.05, 0) is 53.5 Å². The molecule has 2 rings (SSSR count). The Labute approximate surface area is 155 Å². The molecule has 134 valence electrons. The molecule has 2 aromatic rings. The Kier molecular flexibility index (Phi) is 6.94. The quantitative estimate of drug-likeness (QED) is 0.690. The molecule has 0 saturated carbocycles. The van der Waals surface area contributed by atoms with Gasteiger partial charge in [-0.2, -0.15) is 0 Å². The van der Waals surface area contributed by atoms with Crippen LogP contribution in [0, 0.1) is 0 Å². The van der Waals surface area contributed by atoms with E-state index in [1.54, 1.807) is 11.8 Å². The molecule has 0 radical (unpaired) electrons. The second kappa shape index (κ2) is 8.95. The first-order valence-electron chi connectivity index (χ1n) is 8.57. The van der Waals surface area contributed by atoms with Gasteiger partial charge in [0.25, 0.3) is 5.91 Å². The van der Waals surface area contributed by atoms with Gasteiger partial charge in [-0.25, -0.2) is 0 Å². The molecule has 0 aliphatic heterocycles. The molecule has 0 aliphatic carbocycles. The van der Waals surface area contributed by atoms with E-state index in [0.717, 1.165) is 17.7 Å². The number of carbonyl (C=O) groups is 1. The first-order valence-corrected chi connectivity index (χ1v) is 9.80. The second-order valence-corrected chi connectivity index (χ2v) is 7.55. The van der Waals surface area contributed by atoms with Gasteiger partial charge in [0.2, 0.25) is 0 Å². The van der Waals surface area contributed by atoms with Crippen molar-refractivity contribution in [3.63, 3.8) is 0 Å².